The van der Waals surface area contributed by atoms with E-state index in [1.165, 1.54) is 7.05 Å². The van der Waals surface area contributed by atoms with Crippen LogP contribution in [0.4, 0.5) is 4.79 Å². The summed E-state index contributed by atoms with van der Waals surface area (Å²) in [5, 5.41) is 0. The highest BCUT2D eigenvalue weighted by molar-refractivity contribution is 5.93. The maximum atomic E-state index is 13.0. The van der Waals surface area contributed by atoms with E-state index in [1.807, 2.05) is 6.07 Å². The van der Waals surface area contributed by atoms with Crippen molar-refractivity contribution in [3.05, 3.63) is 30.3 Å². The van der Waals surface area contributed by atoms with Crippen molar-refractivity contribution in [3.8, 4) is 5.75 Å². The molecule has 7 nitrogen and oxygen atoms in total. The van der Waals surface area contributed by atoms with Gasteiger partial charge in [0.25, 0.3) is 0 Å². The van der Waals surface area contributed by atoms with Gasteiger partial charge in [0, 0.05) is 32.5 Å². The largest absolute Gasteiger partial charge is 0.421 e. The molecule has 1 aromatic rings. The van der Waals surface area contributed by atoms with Crippen LogP contribution < -0.4 is 4.74 Å². The molecular formula is C21H28N2O5. The van der Waals surface area contributed by atoms with E-state index in [4.69, 9.17) is 14.2 Å². The molecule has 0 N–H and O–H groups in total. The summed E-state index contributed by atoms with van der Waals surface area (Å²) in [5.41, 5.74) is 0. The zero-order valence-corrected chi connectivity index (χ0v) is 16.5. The molecule has 0 aromatic heterocycles. The number of hydrogen-bond acceptors (Lipinski definition) is 6. The zero-order valence-electron chi connectivity index (χ0n) is 16.5. The molecule has 2 heterocycles. The normalized spacial score (nSPS) is 29.3. The standard InChI is InChI=1S/C21H28N2O5/c1-22-14-16(12-15-13-21(9-8-18(15)22)26-10-11-27-21)19(24)23(2)20(25)28-17-6-4-3-5-7-17/h3-7,15-16,18H,8-14H2,1-2H3/t15-,16-,18-/m1/s1. The number of carbonyl (C=O) groups excluding carboxylic acids is 2. The van der Waals surface area contributed by atoms with Crippen LogP contribution in [0.15, 0.2) is 30.3 Å². The molecule has 0 unspecified atom stereocenters. The van der Waals surface area contributed by atoms with Crippen molar-refractivity contribution in [2.45, 2.75) is 37.5 Å². The molecule has 28 heavy (non-hydrogen) atoms. The Morgan fingerprint density at radius 3 is 2.64 bits per heavy atom. The molecule has 1 spiro atoms. The van der Waals surface area contributed by atoms with E-state index in [-0.39, 0.29) is 11.8 Å². The summed E-state index contributed by atoms with van der Waals surface area (Å²) in [6.45, 7) is 1.94. The number of piperidine rings is 1. The second-order valence-electron chi connectivity index (χ2n) is 8.13. The van der Waals surface area contributed by atoms with Gasteiger partial charge in [0.1, 0.15) is 5.75 Å². The number of hydrogen-bond donors (Lipinski definition) is 0. The first-order valence-electron chi connectivity index (χ1n) is 10.00. The molecule has 1 saturated carbocycles. The molecule has 4 rings (SSSR count). The van der Waals surface area contributed by atoms with E-state index in [0.717, 1.165) is 30.6 Å². The van der Waals surface area contributed by atoms with Gasteiger partial charge < -0.3 is 19.1 Å². The average Bonchev–Trinajstić information content (AvgIpc) is 3.14. The van der Waals surface area contributed by atoms with Gasteiger partial charge in [-0.3, -0.25) is 4.79 Å². The lowest BCUT2D eigenvalue weighted by molar-refractivity contribution is -0.202. The summed E-state index contributed by atoms with van der Waals surface area (Å²) in [5.74, 6) is -0.156. The van der Waals surface area contributed by atoms with E-state index >= 15 is 0 Å². The van der Waals surface area contributed by atoms with Gasteiger partial charge in [-0.25, -0.2) is 9.69 Å². The lowest BCUT2D eigenvalue weighted by Crippen LogP contribution is -2.56. The van der Waals surface area contributed by atoms with Crippen molar-refractivity contribution in [2.75, 3.05) is 33.9 Å². The highest BCUT2D eigenvalue weighted by atomic mass is 16.7. The van der Waals surface area contributed by atoms with E-state index in [1.54, 1.807) is 24.3 Å². The zero-order chi connectivity index (χ0) is 19.7. The predicted octanol–water partition coefficient (Wildman–Crippen LogP) is 2.51. The number of likely N-dealkylation sites (tertiary alicyclic amines) is 1. The Morgan fingerprint density at radius 2 is 1.93 bits per heavy atom. The van der Waals surface area contributed by atoms with Crippen LogP contribution in [-0.4, -0.2) is 67.5 Å². The summed E-state index contributed by atoms with van der Waals surface area (Å²) in [6.07, 6.45) is 2.81. The van der Waals surface area contributed by atoms with Crippen LogP contribution in [0.25, 0.3) is 0 Å². The van der Waals surface area contributed by atoms with Gasteiger partial charge in [0.2, 0.25) is 5.91 Å². The number of imide groups is 1. The Balaban J connectivity index is 1.40. The van der Waals surface area contributed by atoms with Crippen LogP contribution in [0.5, 0.6) is 5.75 Å². The highest BCUT2D eigenvalue weighted by Gasteiger charge is 2.49. The van der Waals surface area contributed by atoms with Crippen molar-refractivity contribution in [1.29, 1.82) is 0 Å². The molecule has 1 aliphatic carbocycles. The van der Waals surface area contributed by atoms with Gasteiger partial charge >= 0.3 is 6.09 Å². The Labute approximate surface area is 165 Å². The molecule has 152 valence electrons. The number of fused-ring (bicyclic) bond motifs is 1. The van der Waals surface area contributed by atoms with Crippen LogP contribution in [0.2, 0.25) is 0 Å². The number of nitrogens with zero attached hydrogens (tertiary/aromatic N) is 2. The number of amides is 2. The Kier molecular flexibility index (Phi) is 5.40. The van der Waals surface area contributed by atoms with E-state index in [0.29, 0.717) is 37.5 Å². The number of ether oxygens (including phenoxy) is 3. The monoisotopic (exact) mass is 388 g/mol. The lowest BCUT2D eigenvalue weighted by atomic mass is 9.72. The van der Waals surface area contributed by atoms with Crippen LogP contribution in [0.3, 0.4) is 0 Å². The van der Waals surface area contributed by atoms with Crippen molar-refractivity contribution in [2.24, 2.45) is 11.8 Å². The molecule has 3 fully saturated rings. The Morgan fingerprint density at radius 1 is 1.21 bits per heavy atom. The van der Waals surface area contributed by atoms with Crippen LogP contribution in [0, 0.1) is 11.8 Å². The quantitative estimate of drug-likeness (QED) is 0.776. The molecule has 0 bridgehead atoms. The van der Waals surface area contributed by atoms with Crippen molar-refractivity contribution < 1.29 is 23.8 Å². The summed E-state index contributed by atoms with van der Waals surface area (Å²) >= 11 is 0. The average molecular weight is 388 g/mol. The molecule has 2 saturated heterocycles. The molecule has 3 atom stereocenters. The van der Waals surface area contributed by atoms with Crippen LogP contribution in [0.1, 0.15) is 25.7 Å². The van der Waals surface area contributed by atoms with Crippen LogP contribution >= 0.6 is 0 Å². The van der Waals surface area contributed by atoms with Crippen molar-refractivity contribution in [3.63, 3.8) is 0 Å². The van der Waals surface area contributed by atoms with Crippen molar-refractivity contribution >= 4 is 12.0 Å². The SMILES string of the molecule is CN(C(=O)Oc1ccccc1)C(=O)[C@@H]1C[C@@H]2CC3(CC[C@H]2N(C)C1)OCCO3. The fourth-order valence-corrected chi connectivity index (χ4v) is 4.94. The van der Waals surface area contributed by atoms with Gasteiger partial charge in [-0.15, -0.1) is 0 Å². The molecule has 0 radical (unpaired) electrons. The van der Waals surface area contributed by atoms with Crippen molar-refractivity contribution in [1.82, 2.24) is 9.80 Å². The van der Waals surface area contributed by atoms with E-state index in [2.05, 4.69) is 11.9 Å². The first-order valence-corrected chi connectivity index (χ1v) is 10.00. The number of para-hydroxylation sites is 1. The maximum Gasteiger partial charge on any atom is 0.421 e. The topological polar surface area (TPSA) is 68.3 Å². The molecule has 1 aromatic carbocycles. The summed E-state index contributed by atoms with van der Waals surface area (Å²) < 4.78 is 17.1. The van der Waals surface area contributed by atoms with E-state index in [9.17, 15) is 9.59 Å². The smallest absolute Gasteiger partial charge is 0.410 e. The fraction of sp³-hybridized carbons (Fsp3) is 0.619. The minimum Gasteiger partial charge on any atom is -0.410 e. The summed E-state index contributed by atoms with van der Waals surface area (Å²) in [7, 11) is 3.55. The third-order valence-electron chi connectivity index (χ3n) is 6.32. The molecule has 2 aliphatic heterocycles. The predicted molar refractivity (Wildman–Crippen MR) is 102 cm³/mol. The minimum atomic E-state index is -0.649. The second-order valence-corrected chi connectivity index (χ2v) is 8.13. The van der Waals surface area contributed by atoms with Gasteiger partial charge in [-0.1, -0.05) is 18.2 Å². The maximum absolute atomic E-state index is 13.0. The molecule has 3 aliphatic rings. The van der Waals surface area contributed by atoms with Gasteiger partial charge in [-0.05, 0) is 37.9 Å². The highest BCUT2D eigenvalue weighted by Crippen LogP contribution is 2.45. The number of rotatable bonds is 2. The lowest BCUT2D eigenvalue weighted by Gasteiger charge is -2.49. The van der Waals surface area contributed by atoms with E-state index < -0.39 is 11.9 Å². The first kappa shape index (κ1) is 19.4. The molecule has 2 amide bonds. The minimum absolute atomic E-state index is 0.195. The Hall–Kier alpha value is -1.96. The number of carbonyl (C=O) groups is 2. The Bertz CT molecular complexity index is 719. The first-order chi connectivity index (χ1) is 13.5. The van der Waals surface area contributed by atoms with Gasteiger partial charge in [0.05, 0.1) is 19.1 Å². The fourth-order valence-electron chi connectivity index (χ4n) is 4.94. The van der Waals surface area contributed by atoms with Gasteiger partial charge in [0.15, 0.2) is 5.79 Å². The third kappa shape index (κ3) is 3.79. The molecule has 7 heteroatoms. The second kappa shape index (κ2) is 7.81. The van der Waals surface area contributed by atoms with Crippen LogP contribution in [-0.2, 0) is 14.3 Å². The third-order valence-corrected chi connectivity index (χ3v) is 6.32. The number of benzene rings is 1. The molecular weight excluding hydrogens is 360 g/mol. The summed E-state index contributed by atoms with van der Waals surface area (Å²) in [6, 6.07) is 9.23. The van der Waals surface area contributed by atoms with Gasteiger partial charge in [-0.2, -0.15) is 0 Å². The summed E-state index contributed by atoms with van der Waals surface area (Å²) in [4.78, 5) is 28.8.